The summed E-state index contributed by atoms with van der Waals surface area (Å²) in [6, 6.07) is 2.57. The molecule has 2 aromatic rings. The van der Waals surface area contributed by atoms with E-state index in [1.807, 2.05) is 0 Å². The number of nitrogens with one attached hydrogen (secondary N) is 1. The number of thiophene rings is 1. The fourth-order valence-corrected chi connectivity index (χ4v) is 3.13. The smallest absolute Gasteiger partial charge is 0.107 e. The minimum atomic E-state index is 0.399. The zero-order valence-electron chi connectivity index (χ0n) is 9.78. The Morgan fingerprint density at radius 3 is 2.81 bits per heavy atom. The summed E-state index contributed by atoms with van der Waals surface area (Å²) in [6.07, 6.45) is 0. The molecule has 0 aromatic carbocycles. The zero-order chi connectivity index (χ0) is 11.5. The second-order valence-electron chi connectivity index (χ2n) is 3.91. The summed E-state index contributed by atoms with van der Waals surface area (Å²) in [5, 5.41) is 8.98. The van der Waals surface area contributed by atoms with Gasteiger partial charge in [0.15, 0.2) is 0 Å². The molecule has 2 rings (SSSR count). The number of thiazole rings is 1. The molecule has 0 aliphatic carbocycles. The molecule has 4 heteroatoms. The second kappa shape index (κ2) is 5.08. The summed E-state index contributed by atoms with van der Waals surface area (Å²) in [5.41, 5.74) is 2.51. The van der Waals surface area contributed by atoms with Crippen molar-refractivity contribution in [2.75, 3.05) is 0 Å². The molecule has 1 unspecified atom stereocenters. The van der Waals surface area contributed by atoms with Gasteiger partial charge in [-0.3, -0.25) is 0 Å². The fraction of sp³-hybridized carbons (Fsp3) is 0.417. The summed E-state index contributed by atoms with van der Waals surface area (Å²) in [6.45, 7) is 7.24. The van der Waals surface area contributed by atoms with Gasteiger partial charge in [0, 0.05) is 17.5 Å². The van der Waals surface area contributed by atoms with E-state index in [-0.39, 0.29) is 0 Å². The van der Waals surface area contributed by atoms with Gasteiger partial charge in [0.05, 0.1) is 5.69 Å². The van der Waals surface area contributed by atoms with E-state index in [9.17, 15) is 0 Å². The monoisotopic (exact) mass is 252 g/mol. The third-order valence-electron chi connectivity index (χ3n) is 2.68. The van der Waals surface area contributed by atoms with Crippen molar-refractivity contribution in [2.45, 2.75) is 33.4 Å². The van der Waals surface area contributed by atoms with Crippen LogP contribution in [0.5, 0.6) is 0 Å². The van der Waals surface area contributed by atoms with Gasteiger partial charge >= 0.3 is 0 Å². The van der Waals surface area contributed by atoms with Gasteiger partial charge in [-0.05, 0) is 43.2 Å². The number of aryl methyl sites for hydroxylation is 2. The van der Waals surface area contributed by atoms with Crippen LogP contribution in [0.2, 0.25) is 0 Å². The Labute approximate surface area is 104 Å². The first kappa shape index (κ1) is 11.8. The maximum atomic E-state index is 4.52. The molecule has 0 fully saturated rings. The first-order valence-electron chi connectivity index (χ1n) is 5.35. The second-order valence-corrected chi connectivity index (χ2v) is 5.98. The first-order chi connectivity index (χ1) is 7.66. The van der Waals surface area contributed by atoms with E-state index >= 15 is 0 Å². The predicted molar refractivity (Wildman–Crippen MR) is 71.2 cm³/mol. The van der Waals surface area contributed by atoms with Crippen LogP contribution in [0.3, 0.4) is 0 Å². The van der Waals surface area contributed by atoms with Crippen molar-refractivity contribution in [3.8, 4) is 0 Å². The quantitative estimate of drug-likeness (QED) is 0.898. The summed E-state index contributed by atoms with van der Waals surface area (Å²) in [4.78, 5) is 5.84. The van der Waals surface area contributed by atoms with Crippen LogP contribution in [-0.2, 0) is 6.54 Å². The third-order valence-corrected chi connectivity index (χ3v) is 4.45. The Hall–Kier alpha value is -0.710. The van der Waals surface area contributed by atoms with E-state index in [0.29, 0.717) is 6.04 Å². The van der Waals surface area contributed by atoms with E-state index in [2.05, 4.69) is 47.9 Å². The molecule has 0 aliphatic heterocycles. The lowest BCUT2D eigenvalue weighted by Crippen LogP contribution is -2.17. The van der Waals surface area contributed by atoms with E-state index in [4.69, 9.17) is 0 Å². The van der Waals surface area contributed by atoms with Crippen LogP contribution in [0.1, 0.15) is 34.1 Å². The molecule has 0 aliphatic rings. The lowest BCUT2D eigenvalue weighted by Gasteiger charge is -2.10. The van der Waals surface area contributed by atoms with Crippen molar-refractivity contribution < 1.29 is 0 Å². The first-order valence-corrected chi connectivity index (χ1v) is 7.11. The molecule has 86 valence electrons. The molecule has 1 atom stereocenters. The van der Waals surface area contributed by atoms with Crippen LogP contribution < -0.4 is 5.32 Å². The van der Waals surface area contributed by atoms with Gasteiger partial charge in [0.2, 0.25) is 0 Å². The Balaban J connectivity index is 1.92. The van der Waals surface area contributed by atoms with Gasteiger partial charge in [-0.15, -0.1) is 11.3 Å². The molecule has 1 N–H and O–H groups in total. The van der Waals surface area contributed by atoms with Crippen LogP contribution in [0.4, 0.5) is 0 Å². The Bertz CT molecular complexity index is 426. The zero-order valence-corrected chi connectivity index (χ0v) is 11.4. The normalized spacial score (nSPS) is 12.9. The summed E-state index contributed by atoms with van der Waals surface area (Å²) < 4.78 is 0. The van der Waals surface area contributed by atoms with Gasteiger partial charge in [-0.1, -0.05) is 0 Å². The SMILES string of the molecule is Cc1nc(CNC(C)c2ccsc2)sc1C. The topological polar surface area (TPSA) is 24.9 Å². The van der Waals surface area contributed by atoms with Crippen LogP contribution in [0.15, 0.2) is 16.8 Å². The van der Waals surface area contributed by atoms with Crippen molar-refractivity contribution in [1.29, 1.82) is 0 Å². The third kappa shape index (κ3) is 2.70. The van der Waals surface area contributed by atoms with Gasteiger partial charge < -0.3 is 5.32 Å². The highest BCUT2D eigenvalue weighted by atomic mass is 32.1. The minimum Gasteiger partial charge on any atom is -0.304 e. The van der Waals surface area contributed by atoms with E-state index < -0.39 is 0 Å². The predicted octanol–water partition coefficient (Wildman–Crippen LogP) is 3.67. The number of aromatic nitrogens is 1. The maximum absolute atomic E-state index is 4.52. The molecule has 0 bridgehead atoms. The van der Waals surface area contributed by atoms with Crippen molar-refractivity contribution in [3.05, 3.63) is 38.0 Å². The van der Waals surface area contributed by atoms with Gasteiger partial charge in [0.25, 0.3) is 0 Å². The number of rotatable bonds is 4. The molecule has 0 amide bonds. The minimum absolute atomic E-state index is 0.399. The van der Waals surface area contributed by atoms with Crippen molar-refractivity contribution >= 4 is 22.7 Å². The highest BCUT2D eigenvalue weighted by Crippen LogP contribution is 2.19. The average Bonchev–Trinajstić information content (AvgIpc) is 2.86. The van der Waals surface area contributed by atoms with Crippen LogP contribution >= 0.6 is 22.7 Å². The van der Waals surface area contributed by atoms with Crippen molar-refractivity contribution in [1.82, 2.24) is 10.3 Å². The molecule has 0 saturated carbocycles. The van der Waals surface area contributed by atoms with Gasteiger partial charge in [0.1, 0.15) is 5.01 Å². The molecular weight excluding hydrogens is 236 g/mol. The van der Waals surface area contributed by atoms with E-state index in [0.717, 1.165) is 12.2 Å². The van der Waals surface area contributed by atoms with Gasteiger partial charge in [-0.2, -0.15) is 11.3 Å². The summed E-state index contributed by atoms with van der Waals surface area (Å²) >= 11 is 3.53. The number of nitrogens with zero attached hydrogens (tertiary/aromatic N) is 1. The van der Waals surface area contributed by atoms with Crippen molar-refractivity contribution in [3.63, 3.8) is 0 Å². The molecule has 16 heavy (non-hydrogen) atoms. The summed E-state index contributed by atoms with van der Waals surface area (Å²) in [7, 11) is 0. The number of hydrogen-bond donors (Lipinski definition) is 1. The summed E-state index contributed by atoms with van der Waals surface area (Å²) in [5.74, 6) is 0. The molecule has 2 heterocycles. The standard InChI is InChI=1S/C12H16N2S2/c1-8-10(3)16-12(14-8)6-13-9(2)11-4-5-15-7-11/h4-5,7,9,13H,6H2,1-3H3. The number of hydrogen-bond acceptors (Lipinski definition) is 4. The van der Waals surface area contributed by atoms with Gasteiger partial charge in [-0.25, -0.2) is 4.98 Å². The molecule has 2 nitrogen and oxygen atoms in total. The average molecular weight is 252 g/mol. The molecule has 0 radical (unpaired) electrons. The molecule has 0 saturated heterocycles. The van der Waals surface area contributed by atoms with Crippen LogP contribution in [0, 0.1) is 13.8 Å². The largest absolute Gasteiger partial charge is 0.304 e. The molecule has 0 spiro atoms. The molecule has 2 aromatic heterocycles. The van der Waals surface area contributed by atoms with Crippen LogP contribution in [-0.4, -0.2) is 4.98 Å². The Morgan fingerprint density at radius 2 is 2.25 bits per heavy atom. The fourth-order valence-electron chi connectivity index (χ4n) is 1.49. The lowest BCUT2D eigenvalue weighted by atomic mass is 10.2. The molecular formula is C12H16N2S2. The lowest BCUT2D eigenvalue weighted by molar-refractivity contribution is 0.574. The van der Waals surface area contributed by atoms with E-state index in [1.165, 1.54) is 15.4 Å². The van der Waals surface area contributed by atoms with E-state index in [1.54, 1.807) is 22.7 Å². The van der Waals surface area contributed by atoms with Crippen molar-refractivity contribution in [2.24, 2.45) is 0 Å². The highest BCUT2D eigenvalue weighted by Gasteiger charge is 2.07. The Morgan fingerprint density at radius 1 is 1.44 bits per heavy atom. The maximum Gasteiger partial charge on any atom is 0.107 e. The highest BCUT2D eigenvalue weighted by molar-refractivity contribution is 7.11. The van der Waals surface area contributed by atoms with Crippen LogP contribution in [0.25, 0.3) is 0 Å². The Kier molecular flexibility index (Phi) is 3.74.